The van der Waals surface area contributed by atoms with Gasteiger partial charge in [-0.2, -0.15) is 0 Å². The molecule has 2 aromatic rings. The number of methoxy groups -OCH3 is 1. The summed E-state index contributed by atoms with van der Waals surface area (Å²) in [5.74, 6) is -0.540. The highest BCUT2D eigenvalue weighted by Gasteiger charge is 2.34. The Morgan fingerprint density at radius 3 is 2.62 bits per heavy atom. The number of phenolic OH excluding ortho intramolecular Hbond substituents is 1. The number of phenols is 1. The maximum atomic E-state index is 12.7. The number of amides is 2. The molecule has 0 aliphatic carbocycles. The molecule has 0 saturated carbocycles. The zero-order valence-electron chi connectivity index (χ0n) is 17.8. The number of benzene rings is 2. The van der Waals surface area contributed by atoms with E-state index in [-0.39, 0.29) is 29.0 Å². The minimum absolute atomic E-state index is 0.0119. The van der Waals surface area contributed by atoms with Gasteiger partial charge in [-0.3, -0.25) is 14.5 Å². The third-order valence-corrected chi connectivity index (χ3v) is 5.58. The van der Waals surface area contributed by atoms with Gasteiger partial charge in [0.15, 0.2) is 11.5 Å². The second-order valence-electron chi connectivity index (χ2n) is 6.94. The van der Waals surface area contributed by atoms with Crippen LogP contribution in [-0.4, -0.2) is 47.5 Å². The predicted octanol–water partition coefficient (Wildman–Crippen LogP) is 4.46. The van der Waals surface area contributed by atoms with Gasteiger partial charge in [0.1, 0.15) is 0 Å². The summed E-state index contributed by atoms with van der Waals surface area (Å²) in [7, 11) is 1.43. The number of thioether (sulfide) groups is 1. The van der Waals surface area contributed by atoms with Crippen molar-refractivity contribution in [2.75, 3.05) is 25.7 Å². The molecule has 0 atom stereocenters. The first kappa shape index (κ1) is 23.2. The van der Waals surface area contributed by atoms with Gasteiger partial charge in [-0.15, -0.1) is 0 Å². The number of esters is 1. The number of ether oxygens (including phenoxy) is 2. The summed E-state index contributed by atoms with van der Waals surface area (Å²) in [4.78, 5) is 38.3. The molecule has 9 heteroatoms. The molecule has 3 rings (SSSR count). The quantitative estimate of drug-likeness (QED) is 0.324. The number of carbonyl (C=O) groups excluding carboxylic acids is 3. The number of unbranched alkanes of at least 4 members (excludes halogenated alkanes) is 1. The average Bonchev–Trinajstić information content (AvgIpc) is 3.06. The molecule has 0 radical (unpaired) electrons. The smallest absolute Gasteiger partial charge is 0.338 e. The normalized spacial score (nSPS) is 14.7. The highest BCUT2D eigenvalue weighted by Crippen LogP contribution is 2.34. The zero-order valence-corrected chi connectivity index (χ0v) is 18.6. The molecule has 32 heavy (non-hydrogen) atoms. The summed E-state index contributed by atoms with van der Waals surface area (Å²) in [5.41, 5.74) is 1.71. The largest absolute Gasteiger partial charge is 0.504 e. The fourth-order valence-corrected chi connectivity index (χ4v) is 3.70. The molecule has 1 heterocycles. The van der Waals surface area contributed by atoms with Crippen molar-refractivity contribution in [1.82, 2.24) is 4.90 Å². The topological polar surface area (TPSA) is 105 Å². The zero-order chi connectivity index (χ0) is 23.1. The molecule has 0 unspecified atom stereocenters. The summed E-state index contributed by atoms with van der Waals surface area (Å²) in [6.45, 7) is 2.39. The number of nitrogens with one attached hydrogen (secondary N) is 1. The molecule has 1 aliphatic rings. The molecule has 0 spiro atoms. The molecule has 1 saturated heterocycles. The van der Waals surface area contributed by atoms with Crippen LogP contribution in [0, 0.1) is 0 Å². The number of anilines is 1. The lowest BCUT2D eigenvalue weighted by molar-refractivity contribution is -0.122. The number of carbonyl (C=O) groups is 3. The van der Waals surface area contributed by atoms with Crippen molar-refractivity contribution in [3.8, 4) is 11.5 Å². The van der Waals surface area contributed by atoms with Crippen molar-refractivity contribution < 1.29 is 29.0 Å². The number of hydrogen-bond acceptors (Lipinski definition) is 8. The van der Waals surface area contributed by atoms with Gasteiger partial charge in [-0.25, -0.2) is 4.79 Å². The van der Waals surface area contributed by atoms with E-state index < -0.39 is 11.1 Å². The van der Waals surface area contributed by atoms with E-state index in [2.05, 4.69) is 5.32 Å². The summed E-state index contributed by atoms with van der Waals surface area (Å²) in [6, 6.07) is 11.3. The van der Waals surface area contributed by atoms with Crippen molar-refractivity contribution in [2.45, 2.75) is 19.8 Å². The monoisotopic (exact) mass is 456 g/mol. The second kappa shape index (κ2) is 10.7. The first-order chi connectivity index (χ1) is 15.4. The van der Waals surface area contributed by atoms with Crippen LogP contribution in [0.4, 0.5) is 10.5 Å². The molecule has 1 fully saturated rings. The summed E-state index contributed by atoms with van der Waals surface area (Å²) >= 11 is 0.839. The Morgan fingerprint density at radius 2 is 1.94 bits per heavy atom. The molecule has 8 nitrogen and oxygen atoms in total. The molecular formula is C23H24N2O6S. The van der Waals surface area contributed by atoms with Crippen molar-refractivity contribution in [2.24, 2.45) is 0 Å². The Labute approximate surface area is 190 Å². The minimum Gasteiger partial charge on any atom is -0.504 e. The van der Waals surface area contributed by atoms with E-state index in [1.807, 2.05) is 6.92 Å². The van der Waals surface area contributed by atoms with E-state index in [4.69, 9.17) is 9.47 Å². The lowest BCUT2D eigenvalue weighted by atomic mass is 10.2. The summed E-state index contributed by atoms with van der Waals surface area (Å²) < 4.78 is 10.2. The number of imide groups is 1. The van der Waals surface area contributed by atoms with Crippen LogP contribution in [0.15, 0.2) is 47.4 Å². The van der Waals surface area contributed by atoms with Crippen LogP contribution in [0.2, 0.25) is 0 Å². The van der Waals surface area contributed by atoms with Crippen LogP contribution >= 0.6 is 11.8 Å². The maximum Gasteiger partial charge on any atom is 0.338 e. The van der Waals surface area contributed by atoms with Crippen molar-refractivity contribution in [3.63, 3.8) is 0 Å². The van der Waals surface area contributed by atoms with Crippen molar-refractivity contribution in [3.05, 3.63) is 58.5 Å². The van der Waals surface area contributed by atoms with E-state index in [9.17, 15) is 19.5 Å². The number of hydrogen-bond donors (Lipinski definition) is 2. The second-order valence-corrected chi connectivity index (χ2v) is 7.94. The fraction of sp³-hybridized carbons (Fsp3) is 0.261. The van der Waals surface area contributed by atoms with E-state index in [0.717, 1.165) is 29.5 Å². The van der Waals surface area contributed by atoms with E-state index in [1.54, 1.807) is 42.5 Å². The Hall–Kier alpha value is -3.46. The van der Waals surface area contributed by atoms with Gasteiger partial charge in [-0.05, 0) is 66.2 Å². The van der Waals surface area contributed by atoms with Crippen molar-refractivity contribution in [1.29, 1.82) is 0 Å². The molecular weight excluding hydrogens is 432 g/mol. The molecule has 0 bridgehead atoms. The van der Waals surface area contributed by atoms with Gasteiger partial charge in [0.2, 0.25) is 0 Å². The number of nitrogens with zero attached hydrogens (tertiary/aromatic N) is 1. The average molecular weight is 457 g/mol. The van der Waals surface area contributed by atoms with E-state index >= 15 is 0 Å². The third kappa shape index (κ3) is 5.61. The molecule has 2 N–H and O–H groups in total. The highest BCUT2D eigenvalue weighted by atomic mass is 32.2. The van der Waals surface area contributed by atoms with Gasteiger partial charge < -0.3 is 19.9 Å². The molecule has 1 aliphatic heterocycles. The van der Waals surface area contributed by atoms with E-state index in [1.165, 1.54) is 13.2 Å². The lowest BCUT2D eigenvalue weighted by Crippen LogP contribution is -2.33. The first-order valence-corrected chi connectivity index (χ1v) is 10.9. The highest BCUT2D eigenvalue weighted by molar-refractivity contribution is 8.18. The first-order valence-electron chi connectivity index (χ1n) is 10.1. The van der Waals surface area contributed by atoms with Gasteiger partial charge in [0.25, 0.3) is 11.1 Å². The molecule has 2 aromatic carbocycles. The Bertz CT molecular complexity index is 1040. The number of rotatable bonds is 9. The Morgan fingerprint density at radius 1 is 1.19 bits per heavy atom. The predicted molar refractivity (Wildman–Crippen MR) is 123 cm³/mol. The van der Waals surface area contributed by atoms with Crippen LogP contribution in [-0.2, 0) is 9.53 Å². The van der Waals surface area contributed by atoms with Crippen LogP contribution in [0.3, 0.4) is 0 Å². The van der Waals surface area contributed by atoms with Crippen molar-refractivity contribution >= 4 is 40.6 Å². The van der Waals surface area contributed by atoms with Crippen LogP contribution in [0.5, 0.6) is 11.5 Å². The third-order valence-electron chi connectivity index (χ3n) is 4.67. The SMILES string of the molecule is CCCCOC(=O)c1ccc(NCN2C(=O)SC(=Cc3ccc(O)c(OC)c3)C2=O)cc1. The molecule has 168 valence electrons. The maximum absolute atomic E-state index is 12.7. The summed E-state index contributed by atoms with van der Waals surface area (Å²) in [6.07, 6.45) is 3.34. The van der Waals surface area contributed by atoms with Gasteiger partial charge >= 0.3 is 5.97 Å². The Balaban J connectivity index is 1.60. The van der Waals surface area contributed by atoms with Gasteiger partial charge in [0, 0.05) is 5.69 Å². The number of aromatic hydroxyl groups is 1. The standard InChI is InChI=1S/C23H24N2O6S/c1-3-4-11-31-22(28)16-6-8-17(9-7-16)24-14-25-21(27)20(32-23(25)29)13-15-5-10-18(26)19(12-15)30-2/h5-10,12-13,24,26H,3-4,11,14H2,1-2H3. The Kier molecular flexibility index (Phi) is 7.77. The van der Waals surface area contributed by atoms with Crippen LogP contribution < -0.4 is 10.1 Å². The lowest BCUT2D eigenvalue weighted by Gasteiger charge is -2.14. The van der Waals surface area contributed by atoms with E-state index in [0.29, 0.717) is 23.4 Å². The van der Waals surface area contributed by atoms with Gasteiger partial charge in [-0.1, -0.05) is 19.4 Å². The fourth-order valence-electron chi connectivity index (χ4n) is 2.86. The van der Waals surface area contributed by atoms with Crippen LogP contribution in [0.25, 0.3) is 6.08 Å². The van der Waals surface area contributed by atoms with Gasteiger partial charge in [0.05, 0.1) is 30.9 Å². The summed E-state index contributed by atoms with van der Waals surface area (Å²) in [5, 5.41) is 12.3. The molecule has 0 aromatic heterocycles. The minimum atomic E-state index is -0.421. The molecule has 2 amide bonds. The van der Waals surface area contributed by atoms with Crippen LogP contribution in [0.1, 0.15) is 35.7 Å².